The van der Waals surface area contributed by atoms with Gasteiger partial charge in [-0.25, -0.2) is 8.42 Å². The van der Waals surface area contributed by atoms with Crippen LogP contribution >= 0.6 is 23.2 Å². The van der Waals surface area contributed by atoms with Crippen LogP contribution in [0.1, 0.15) is 38.7 Å². The molecular weight excluding hydrogens is 525 g/mol. The van der Waals surface area contributed by atoms with Crippen LogP contribution in [0, 0.1) is 0 Å². The first-order chi connectivity index (χ1) is 17.0. The fourth-order valence-corrected chi connectivity index (χ4v) is 5.00. The molecule has 8 nitrogen and oxygen atoms in total. The van der Waals surface area contributed by atoms with Gasteiger partial charge in [0.15, 0.2) is 0 Å². The van der Waals surface area contributed by atoms with Gasteiger partial charge in [0.05, 0.1) is 19.1 Å². The Morgan fingerprint density at radius 3 is 2.17 bits per heavy atom. The normalized spacial score (nSPS) is 12.1. The highest BCUT2D eigenvalue weighted by Gasteiger charge is 2.31. The third-order valence-corrected chi connectivity index (χ3v) is 7.12. The van der Waals surface area contributed by atoms with Gasteiger partial charge in [-0.2, -0.15) is 0 Å². The predicted molar refractivity (Wildman–Crippen MR) is 144 cm³/mol. The van der Waals surface area contributed by atoms with Crippen molar-refractivity contribution in [3.05, 3.63) is 58.1 Å². The molecule has 0 aromatic heterocycles. The van der Waals surface area contributed by atoms with Crippen LogP contribution < -0.4 is 14.4 Å². The Morgan fingerprint density at radius 1 is 1.06 bits per heavy atom. The summed E-state index contributed by atoms with van der Waals surface area (Å²) in [6, 6.07) is 10.6. The van der Waals surface area contributed by atoms with Crippen molar-refractivity contribution >= 4 is 50.7 Å². The molecule has 0 spiro atoms. The van der Waals surface area contributed by atoms with E-state index in [2.05, 4.69) is 5.32 Å². The quantitative estimate of drug-likeness (QED) is 0.366. The van der Waals surface area contributed by atoms with E-state index in [1.54, 1.807) is 31.4 Å². The molecule has 11 heteroatoms. The monoisotopic (exact) mass is 557 g/mol. The number of carbonyl (C=O) groups is 2. The maximum absolute atomic E-state index is 13.7. The van der Waals surface area contributed by atoms with Crippen molar-refractivity contribution in [2.24, 2.45) is 0 Å². The van der Waals surface area contributed by atoms with Crippen molar-refractivity contribution in [2.45, 2.75) is 45.7 Å². The summed E-state index contributed by atoms with van der Waals surface area (Å²) in [7, 11) is -2.32. The Bertz CT molecular complexity index is 1120. The molecule has 0 saturated heterocycles. The Morgan fingerprint density at radius 2 is 1.67 bits per heavy atom. The van der Waals surface area contributed by atoms with Gasteiger partial charge in [-0.1, -0.05) is 55.6 Å². The second-order valence-electron chi connectivity index (χ2n) is 8.34. The van der Waals surface area contributed by atoms with E-state index in [0.29, 0.717) is 18.7 Å². The van der Waals surface area contributed by atoms with Crippen LogP contribution in [-0.2, 0) is 26.2 Å². The number of halogens is 2. The number of nitrogens with one attached hydrogen (secondary N) is 1. The predicted octanol–water partition coefficient (Wildman–Crippen LogP) is 4.49. The van der Waals surface area contributed by atoms with Gasteiger partial charge in [0.1, 0.15) is 18.3 Å². The Balaban J connectivity index is 2.43. The number of methoxy groups -OCH3 is 1. The van der Waals surface area contributed by atoms with E-state index in [-0.39, 0.29) is 28.2 Å². The second-order valence-corrected chi connectivity index (χ2v) is 11.1. The van der Waals surface area contributed by atoms with Gasteiger partial charge in [0.2, 0.25) is 21.8 Å². The van der Waals surface area contributed by atoms with Crippen molar-refractivity contribution in [2.75, 3.05) is 30.8 Å². The molecule has 0 unspecified atom stereocenters. The molecule has 1 atom stereocenters. The Hall–Kier alpha value is -2.49. The summed E-state index contributed by atoms with van der Waals surface area (Å²) in [4.78, 5) is 28.1. The largest absolute Gasteiger partial charge is 0.497 e. The summed E-state index contributed by atoms with van der Waals surface area (Å²) in [6.45, 7) is 3.90. The number of hydrogen-bond donors (Lipinski definition) is 1. The average molecular weight is 559 g/mol. The first-order valence-corrected chi connectivity index (χ1v) is 14.2. The van der Waals surface area contributed by atoms with E-state index in [0.717, 1.165) is 29.0 Å². The zero-order chi connectivity index (χ0) is 26.9. The van der Waals surface area contributed by atoms with Crippen LogP contribution in [-0.4, -0.2) is 57.6 Å². The highest BCUT2D eigenvalue weighted by molar-refractivity contribution is 7.92. The van der Waals surface area contributed by atoms with E-state index in [9.17, 15) is 18.0 Å². The maximum atomic E-state index is 13.7. The zero-order valence-corrected chi connectivity index (χ0v) is 23.3. The van der Waals surface area contributed by atoms with Crippen LogP contribution in [0.3, 0.4) is 0 Å². The van der Waals surface area contributed by atoms with Crippen LogP contribution in [0.15, 0.2) is 42.5 Å². The fraction of sp³-hybridized carbons (Fsp3) is 0.440. The van der Waals surface area contributed by atoms with Crippen LogP contribution in [0.25, 0.3) is 0 Å². The zero-order valence-electron chi connectivity index (χ0n) is 21.0. The number of anilines is 1. The van der Waals surface area contributed by atoms with Crippen LogP contribution in [0.4, 0.5) is 5.69 Å². The maximum Gasteiger partial charge on any atom is 0.244 e. The van der Waals surface area contributed by atoms with Gasteiger partial charge in [0.25, 0.3) is 0 Å². The van der Waals surface area contributed by atoms with E-state index in [4.69, 9.17) is 27.9 Å². The first-order valence-electron chi connectivity index (χ1n) is 11.6. The number of sulfonamides is 1. The van der Waals surface area contributed by atoms with Gasteiger partial charge in [-0.15, -0.1) is 0 Å². The minimum atomic E-state index is -3.88. The Kier molecular flexibility index (Phi) is 11.3. The average Bonchev–Trinajstić information content (AvgIpc) is 2.81. The lowest BCUT2D eigenvalue weighted by atomic mass is 10.1. The number of benzene rings is 2. The molecule has 0 aliphatic rings. The summed E-state index contributed by atoms with van der Waals surface area (Å²) in [5.41, 5.74) is 0.925. The molecule has 2 aromatic rings. The SMILES string of the molecule is CCCCNC(=O)[C@H](CC)N(Cc1ccc(OC)cc1)C(=O)CN(c1cc(Cl)cc(Cl)c1)S(C)(=O)=O. The molecule has 0 saturated carbocycles. The van der Waals surface area contributed by atoms with Gasteiger partial charge in [-0.3, -0.25) is 13.9 Å². The number of amides is 2. The van der Waals surface area contributed by atoms with Crippen LogP contribution in [0.2, 0.25) is 10.0 Å². The molecule has 2 amide bonds. The van der Waals surface area contributed by atoms with Crippen LogP contribution in [0.5, 0.6) is 5.75 Å². The lowest BCUT2D eigenvalue weighted by molar-refractivity contribution is -0.140. The van der Waals surface area contributed by atoms with Crippen molar-refractivity contribution in [3.8, 4) is 5.75 Å². The molecule has 198 valence electrons. The first kappa shape index (κ1) is 29.7. The fourth-order valence-electron chi connectivity index (χ4n) is 3.65. The number of unbranched alkanes of at least 4 members (excludes halogenated alkanes) is 1. The van der Waals surface area contributed by atoms with Crippen molar-refractivity contribution in [1.82, 2.24) is 10.2 Å². The third kappa shape index (κ3) is 8.57. The van der Waals surface area contributed by atoms with Gasteiger partial charge in [0, 0.05) is 23.1 Å². The lowest BCUT2D eigenvalue weighted by Gasteiger charge is -2.33. The molecule has 0 fully saturated rings. The minimum absolute atomic E-state index is 0.108. The van der Waals surface area contributed by atoms with Crippen molar-refractivity contribution < 1.29 is 22.7 Å². The number of carbonyl (C=O) groups excluding carboxylic acids is 2. The van der Waals surface area contributed by atoms with E-state index >= 15 is 0 Å². The van der Waals surface area contributed by atoms with E-state index < -0.39 is 28.5 Å². The molecule has 36 heavy (non-hydrogen) atoms. The minimum Gasteiger partial charge on any atom is -0.497 e. The summed E-state index contributed by atoms with van der Waals surface area (Å²) in [5, 5.41) is 3.35. The number of nitrogens with zero attached hydrogens (tertiary/aromatic N) is 2. The van der Waals surface area contributed by atoms with Crippen molar-refractivity contribution in [1.29, 1.82) is 0 Å². The molecule has 1 N–H and O–H groups in total. The third-order valence-electron chi connectivity index (χ3n) is 5.54. The van der Waals surface area contributed by atoms with Gasteiger partial charge >= 0.3 is 0 Å². The standard InChI is InChI=1S/C25H33Cl2N3O5S/c1-5-7-12-28-25(32)23(6-2)29(16-18-8-10-22(35-3)11-9-18)24(31)17-30(36(4,33)34)21-14-19(26)13-20(27)15-21/h8-11,13-15,23H,5-7,12,16-17H2,1-4H3,(H,28,32)/t23-/m0/s1. The molecule has 2 rings (SSSR count). The van der Waals surface area contributed by atoms with E-state index in [1.807, 2.05) is 13.8 Å². The highest BCUT2D eigenvalue weighted by Crippen LogP contribution is 2.27. The van der Waals surface area contributed by atoms with E-state index in [1.165, 1.54) is 23.1 Å². The molecule has 0 radical (unpaired) electrons. The molecule has 0 bridgehead atoms. The molecular formula is C25H33Cl2N3O5S. The summed E-state index contributed by atoms with van der Waals surface area (Å²) in [5.74, 6) is -0.170. The smallest absolute Gasteiger partial charge is 0.244 e. The number of hydrogen-bond acceptors (Lipinski definition) is 5. The van der Waals surface area contributed by atoms with Crippen molar-refractivity contribution in [3.63, 3.8) is 0 Å². The summed E-state index contributed by atoms with van der Waals surface area (Å²) >= 11 is 12.2. The highest BCUT2D eigenvalue weighted by atomic mass is 35.5. The van der Waals surface area contributed by atoms with Gasteiger partial charge < -0.3 is 15.0 Å². The number of ether oxygens (including phenoxy) is 1. The Labute approximate surface area is 223 Å². The molecule has 2 aromatic carbocycles. The molecule has 0 aliphatic heterocycles. The molecule has 0 heterocycles. The molecule has 0 aliphatic carbocycles. The van der Waals surface area contributed by atoms with Gasteiger partial charge in [-0.05, 0) is 48.7 Å². The lowest BCUT2D eigenvalue weighted by Crippen LogP contribution is -2.52. The second kappa shape index (κ2) is 13.7. The number of rotatable bonds is 13. The summed E-state index contributed by atoms with van der Waals surface area (Å²) in [6.07, 6.45) is 3.07. The summed E-state index contributed by atoms with van der Waals surface area (Å²) < 4.78 is 31.5. The topological polar surface area (TPSA) is 96.0 Å².